The van der Waals surface area contributed by atoms with E-state index in [9.17, 15) is 14.4 Å². The first-order chi connectivity index (χ1) is 12.3. The minimum Gasteiger partial charge on any atom is -0.322 e. The summed E-state index contributed by atoms with van der Waals surface area (Å²) in [7, 11) is 0. The van der Waals surface area contributed by atoms with Crippen LogP contribution in [0.5, 0.6) is 0 Å². The van der Waals surface area contributed by atoms with Crippen LogP contribution in [0, 0.1) is 24.1 Å². The van der Waals surface area contributed by atoms with Crippen molar-refractivity contribution in [3.8, 4) is 6.07 Å². The van der Waals surface area contributed by atoms with Crippen LogP contribution in [0.25, 0.3) is 10.9 Å². The van der Waals surface area contributed by atoms with Gasteiger partial charge in [-0.3, -0.25) is 4.79 Å². The van der Waals surface area contributed by atoms with Gasteiger partial charge in [-0.1, -0.05) is 25.1 Å². The molecule has 3 rings (SSSR count). The molecule has 0 aliphatic rings. The van der Waals surface area contributed by atoms with Crippen LogP contribution in [0.15, 0.2) is 47.3 Å². The number of nitrogens with zero attached hydrogens (tertiary/aromatic N) is 1. The number of hydrogen-bond donors (Lipinski definition) is 1. The van der Waals surface area contributed by atoms with Crippen molar-refractivity contribution in [2.75, 3.05) is 0 Å². The number of H-pyrrole nitrogens is 1. The van der Waals surface area contributed by atoms with E-state index in [-0.39, 0.29) is 11.4 Å². The van der Waals surface area contributed by atoms with E-state index in [0.29, 0.717) is 18.4 Å². The molecular formula is C22H21FN2O. The van der Waals surface area contributed by atoms with Gasteiger partial charge in [-0.2, -0.15) is 5.26 Å². The molecule has 2 aromatic carbocycles. The van der Waals surface area contributed by atoms with E-state index in [1.165, 1.54) is 12.1 Å². The Morgan fingerprint density at radius 2 is 1.96 bits per heavy atom. The van der Waals surface area contributed by atoms with Crippen molar-refractivity contribution in [1.29, 1.82) is 5.26 Å². The molecule has 1 N–H and O–H groups in total. The van der Waals surface area contributed by atoms with E-state index in [2.05, 4.69) is 11.1 Å². The van der Waals surface area contributed by atoms with Crippen LogP contribution in [0.2, 0.25) is 0 Å². The topological polar surface area (TPSA) is 56.6 Å². The molecule has 1 unspecified atom stereocenters. The van der Waals surface area contributed by atoms with Crippen LogP contribution in [0.3, 0.4) is 0 Å². The number of fused-ring (bicyclic) bond motifs is 1. The Hall–Kier alpha value is -2.93. The van der Waals surface area contributed by atoms with Crippen molar-refractivity contribution in [2.24, 2.45) is 0 Å². The average Bonchev–Trinajstić information content (AvgIpc) is 2.59. The van der Waals surface area contributed by atoms with Crippen LogP contribution in [0.4, 0.5) is 4.39 Å². The third-order valence-corrected chi connectivity index (χ3v) is 4.85. The van der Waals surface area contributed by atoms with Gasteiger partial charge < -0.3 is 4.98 Å². The lowest BCUT2D eigenvalue weighted by Gasteiger charge is -2.23. The van der Waals surface area contributed by atoms with Gasteiger partial charge in [-0.15, -0.1) is 0 Å². The van der Waals surface area contributed by atoms with Crippen LogP contribution < -0.4 is 5.56 Å². The Kier molecular flexibility index (Phi) is 4.65. The van der Waals surface area contributed by atoms with Gasteiger partial charge in [0.25, 0.3) is 5.56 Å². The standard InChI is InChI=1S/C22H21FN2O/c1-4-16-10-17-5-6-18(11-20(17)25-21(16)26)22(3,13-24)12-15-7-14(2)8-19(23)9-15/h5-11H,4,12H2,1-3H3,(H,25,26). The zero-order valence-corrected chi connectivity index (χ0v) is 15.2. The average molecular weight is 348 g/mol. The zero-order chi connectivity index (χ0) is 18.9. The van der Waals surface area contributed by atoms with Gasteiger partial charge in [-0.05, 0) is 73.0 Å². The van der Waals surface area contributed by atoms with Gasteiger partial charge in [0.1, 0.15) is 5.82 Å². The Balaban J connectivity index is 2.06. The Morgan fingerprint density at radius 3 is 2.62 bits per heavy atom. The minimum atomic E-state index is -0.825. The maximum atomic E-state index is 13.7. The highest BCUT2D eigenvalue weighted by molar-refractivity contribution is 5.80. The van der Waals surface area contributed by atoms with E-state index < -0.39 is 5.41 Å². The summed E-state index contributed by atoms with van der Waals surface area (Å²) >= 11 is 0. The summed E-state index contributed by atoms with van der Waals surface area (Å²) in [6, 6.07) is 14.8. The fraction of sp³-hybridized carbons (Fsp3) is 0.273. The molecule has 0 radical (unpaired) electrons. The first-order valence-corrected chi connectivity index (χ1v) is 8.68. The molecule has 0 saturated carbocycles. The third kappa shape index (κ3) is 3.39. The van der Waals surface area contributed by atoms with Gasteiger partial charge in [0.05, 0.1) is 11.5 Å². The highest BCUT2D eigenvalue weighted by Crippen LogP contribution is 2.30. The molecular weight excluding hydrogens is 327 g/mol. The Labute approximate surface area is 152 Å². The number of pyridine rings is 1. The number of aromatic nitrogens is 1. The fourth-order valence-corrected chi connectivity index (χ4v) is 3.38. The minimum absolute atomic E-state index is 0.100. The number of aryl methyl sites for hydroxylation is 2. The van der Waals surface area contributed by atoms with Crippen molar-refractivity contribution < 1.29 is 4.39 Å². The summed E-state index contributed by atoms with van der Waals surface area (Å²) in [5.41, 5.74) is 2.93. The van der Waals surface area contributed by atoms with E-state index in [1.54, 1.807) is 0 Å². The van der Waals surface area contributed by atoms with Gasteiger partial charge in [-0.25, -0.2) is 4.39 Å². The number of halogens is 1. The number of hydrogen-bond acceptors (Lipinski definition) is 2. The fourth-order valence-electron chi connectivity index (χ4n) is 3.38. The zero-order valence-electron chi connectivity index (χ0n) is 15.2. The van der Waals surface area contributed by atoms with Gasteiger partial charge in [0, 0.05) is 11.1 Å². The number of benzene rings is 2. The summed E-state index contributed by atoms with van der Waals surface area (Å²) in [6.07, 6.45) is 1.06. The molecule has 4 heteroatoms. The molecule has 0 amide bonds. The third-order valence-electron chi connectivity index (χ3n) is 4.85. The second kappa shape index (κ2) is 6.76. The van der Waals surface area contributed by atoms with E-state index in [1.807, 2.05) is 51.1 Å². The smallest absolute Gasteiger partial charge is 0.251 e. The molecule has 132 valence electrons. The molecule has 0 saturated heterocycles. The van der Waals surface area contributed by atoms with Crippen LogP contribution in [0.1, 0.15) is 36.1 Å². The van der Waals surface area contributed by atoms with Gasteiger partial charge in [0.15, 0.2) is 0 Å². The predicted molar refractivity (Wildman–Crippen MR) is 102 cm³/mol. The number of rotatable bonds is 4. The van der Waals surface area contributed by atoms with E-state index >= 15 is 0 Å². The summed E-state index contributed by atoms with van der Waals surface area (Å²) in [6.45, 7) is 5.62. The molecule has 0 spiro atoms. The lowest BCUT2D eigenvalue weighted by atomic mass is 9.78. The second-order valence-corrected chi connectivity index (χ2v) is 7.04. The lowest BCUT2D eigenvalue weighted by molar-refractivity contribution is 0.593. The molecule has 0 aliphatic carbocycles. The number of aromatic amines is 1. The molecule has 3 nitrogen and oxygen atoms in total. The molecule has 1 heterocycles. The monoisotopic (exact) mass is 348 g/mol. The van der Waals surface area contributed by atoms with Crippen molar-refractivity contribution in [3.05, 3.63) is 80.9 Å². The SMILES string of the molecule is CCc1cc2ccc(C(C)(C#N)Cc3cc(C)cc(F)c3)cc2[nH]c1=O. The molecule has 1 atom stereocenters. The van der Waals surface area contributed by atoms with Crippen molar-refractivity contribution >= 4 is 10.9 Å². The first kappa shape index (κ1) is 17.9. The van der Waals surface area contributed by atoms with E-state index in [4.69, 9.17) is 0 Å². The molecule has 0 bridgehead atoms. The normalized spacial score (nSPS) is 13.3. The first-order valence-electron chi connectivity index (χ1n) is 8.68. The largest absolute Gasteiger partial charge is 0.322 e. The summed E-state index contributed by atoms with van der Waals surface area (Å²) in [4.78, 5) is 15.0. The highest BCUT2D eigenvalue weighted by atomic mass is 19.1. The second-order valence-electron chi connectivity index (χ2n) is 7.04. The van der Waals surface area contributed by atoms with Crippen molar-refractivity contribution in [2.45, 2.75) is 39.0 Å². The molecule has 0 fully saturated rings. The van der Waals surface area contributed by atoms with Crippen LogP contribution in [-0.4, -0.2) is 4.98 Å². The molecule has 0 aliphatic heterocycles. The van der Waals surface area contributed by atoms with Crippen LogP contribution in [-0.2, 0) is 18.3 Å². The van der Waals surface area contributed by atoms with E-state index in [0.717, 1.165) is 27.6 Å². The van der Waals surface area contributed by atoms with Crippen molar-refractivity contribution in [3.63, 3.8) is 0 Å². The molecule has 26 heavy (non-hydrogen) atoms. The van der Waals surface area contributed by atoms with Crippen LogP contribution >= 0.6 is 0 Å². The quantitative estimate of drug-likeness (QED) is 0.751. The Morgan fingerprint density at radius 1 is 1.19 bits per heavy atom. The maximum Gasteiger partial charge on any atom is 0.251 e. The Bertz CT molecular complexity index is 1060. The van der Waals surface area contributed by atoms with Gasteiger partial charge >= 0.3 is 0 Å². The molecule has 1 aromatic heterocycles. The summed E-state index contributed by atoms with van der Waals surface area (Å²) in [5, 5.41) is 10.8. The summed E-state index contributed by atoms with van der Waals surface area (Å²) in [5.74, 6) is -0.296. The highest BCUT2D eigenvalue weighted by Gasteiger charge is 2.27. The number of nitrogens with one attached hydrogen (secondary N) is 1. The molecule has 3 aromatic rings. The maximum absolute atomic E-state index is 13.7. The predicted octanol–water partition coefficient (Wildman–Crippen LogP) is 4.56. The summed E-state index contributed by atoms with van der Waals surface area (Å²) < 4.78 is 13.7. The van der Waals surface area contributed by atoms with Crippen molar-refractivity contribution in [1.82, 2.24) is 4.98 Å². The lowest BCUT2D eigenvalue weighted by Crippen LogP contribution is -2.23. The van der Waals surface area contributed by atoms with Gasteiger partial charge in [0.2, 0.25) is 0 Å². The number of nitriles is 1.